The minimum Gasteiger partial charge on any atom is -0.326 e. The second-order valence-electron chi connectivity index (χ2n) is 5.40. The lowest BCUT2D eigenvalue weighted by molar-refractivity contribution is -0.115. The van der Waals surface area contributed by atoms with Gasteiger partial charge in [-0.25, -0.2) is 0 Å². The van der Waals surface area contributed by atoms with Gasteiger partial charge in [0.05, 0.1) is 18.9 Å². The van der Waals surface area contributed by atoms with Crippen LogP contribution >= 0.6 is 0 Å². The van der Waals surface area contributed by atoms with Gasteiger partial charge >= 0.3 is 0 Å². The van der Waals surface area contributed by atoms with Crippen molar-refractivity contribution in [3.63, 3.8) is 0 Å². The number of nitriles is 1. The summed E-state index contributed by atoms with van der Waals surface area (Å²) < 4.78 is 0. The normalized spacial score (nSPS) is 10.2. The van der Waals surface area contributed by atoms with E-state index < -0.39 is 0 Å². The zero-order valence-corrected chi connectivity index (χ0v) is 12.6. The summed E-state index contributed by atoms with van der Waals surface area (Å²) in [5.74, 6) is -0.0469. The van der Waals surface area contributed by atoms with Crippen molar-refractivity contribution in [3.8, 4) is 6.07 Å². The molecule has 0 fully saturated rings. The van der Waals surface area contributed by atoms with Gasteiger partial charge in [-0.1, -0.05) is 54.6 Å². The van der Waals surface area contributed by atoms with E-state index in [4.69, 9.17) is 5.26 Å². The molecule has 0 aliphatic carbocycles. The molecule has 0 atom stereocenters. The van der Waals surface area contributed by atoms with Crippen LogP contribution in [-0.4, -0.2) is 5.91 Å². The molecule has 112 valence electrons. The Balaban J connectivity index is 1.72. The van der Waals surface area contributed by atoms with Crippen LogP contribution in [0.4, 0.5) is 5.69 Å². The topological polar surface area (TPSA) is 52.9 Å². The Hall–Kier alpha value is -3.12. The van der Waals surface area contributed by atoms with Crippen LogP contribution in [-0.2, 0) is 17.6 Å². The molecule has 23 heavy (non-hydrogen) atoms. The van der Waals surface area contributed by atoms with Crippen LogP contribution in [0, 0.1) is 11.3 Å². The van der Waals surface area contributed by atoms with E-state index in [1.165, 1.54) is 0 Å². The lowest BCUT2D eigenvalue weighted by Gasteiger charge is -2.08. The highest BCUT2D eigenvalue weighted by atomic mass is 16.1. The number of rotatable bonds is 4. The molecule has 0 aliphatic rings. The van der Waals surface area contributed by atoms with Crippen LogP contribution in [0.5, 0.6) is 0 Å². The molecule has 0 aromatic heterocycles. The van der Waals surface area contributed by atoms with E-state index in [1.807, 2.05) is 66.7 Å². The number of hydrogen-bond donors (Lipinski definition) is 1. The molecule has 3 aromatic carbocycles. The molecular weight excluding hydrogens is 284 g/mol. The first kappa shape index (κ1) is 14.8. The number of nitrogens with zero attached hydrogens (tertiary/aromatic N) is 1. The highest BCUT2D eigenvalue weighted by molar-refractivity contribution is 5.96. The molecule has 1 N–H and O–H groups in total. The lowest BCUT2D eigenvalue weighted by atomic mass is 10.0. The highest BCUT2D eigenvalue weighted by Crippen LogP contribution is 2.19. The number of amides is 1. The maximum absolute atomic E-state index is 12.3. The SMILES string of the molecule is N#CCc1ccc(NC(=O)Cc2cccc3ccccc23)cc1. The molecule has 0 heterocycles. The Kier molecular flexibility index (Phi) is 4.35. The highest BCUT2D eigenvalue weighted by Gasteiger charge is 2.07. The van der Waals surface area contributed by atoms with Gasteiger partial charge in [-0.15, -0.1) is 0 Å². The molecule has 0 spiro atoms. The van der Waals surface area contributed by atoms with Crippen molar-refractivity contribution in [1.29, 1.82) is 5.26 Å². The Morgan fingerprint density at radius 1 is 0.957 bits per heavy atom. The van der Waals surface area contributed by atoms with E-state index in [2.05, 4.69) is 11.4 Å². The van der Waals surface area contributed by atoms with Gasteiger partial charge in [0.2, 0.25) is 5.91 Å². The van der Waals surface area contributed by atoms with Crippen LogP contribution in [0.1, 0.15) is 11.1 Å². The average Bonchev–Trinajstić information content (AvgIpc) is 2.57. The number of carbonyl (C=O) groups excluding carboxylic acids is 1. The molecule has 1 amide bonds. The van der Waals surface area contributed by atoms with Crippen molar-refractivity contribution in [3.05, 3.63) is 77.9 Å². The lowest BCUT2D eigenvalue weighted by Crippen LogP contribution is -2.14. The molecule has 3 rings (SSSR count). The predicted molar refractivity (Wildman–Crippen MR) is 92.0 cm³/mol. The summed E-state index contributed by atoms with van der Waals surface area (Å²) in [7, 11) is 0. The summed E-state index contributed by atoms with van der Waals surface area (Å²) in [4.78, 5) is 12.3. The van der Waals surface area contributed by atoms with E-state index in [0.717, 1.165) is 27.6 Å². The first-order valence-electron chi connectivity index (χ1n) is 7.48. The maximum atomic E-state index is 12.3. The van der Waals surface area contributed by atoms with E-state index >= 15 is 0 Å². The second kappa shape index (κ2) is 6.76. The minimum absolute atomic E-state index is 0.0469. The third-order valence-electron chi connectivity index (χ3n) is 3.75. The Bertz CT molecular complexity index is 871. The molecule has 0 saturated carbocycles. The molecule has 0 radical (unpaired) electrons. The van der Waals surface area contributed by atoms with Crippen LogP contribution in [0.2, 0.25) is 0 Å². The molecule has 3 heteroatoms. The fraction of sp³-hybridized carbons (Fsp3) is 0.100. The number of benzene rings is 3. The largest absolute Gasteiger partial charge is 0.326 e. The summed E-state index contributed by atoms with van der Waals surface area (Å²) in [5, 5.41) is 13.8. The monoisotopic (exact) mass is 300 g/mol. The summed E-state index contributed by atoms with van der Waals surface area (Å²) >= 11 is 0. The van der Waals surface area contributed by atoms with Crippen molar-refractivity contribution < 1.29 is 4.79 Å². The number of anilines is 1. The van der Waals surface area contributed by atoms with Crippen LogP contribution in [0.3, 0.4) is 0 Å². The van der Waals surface area contributed by atoms with E-state index in [9.17, 15) is 4.79 Å². The van der Waals surface area contributed by atoms with Crippen LogP contribution in [0.25, 0.3) is 10.8 Å². The Labute approximate surface area is 135 Å². The summed E-state index contributed by atoms with van der Waals surface area (Å²) in [6.07, 6.45) is 0.714. The van der Waals surface area contributed by atoms with Crippen molar-refractivity contribution in [1.82, 2.24) is 0 Å². The molecule has 0 aliphatic heterocycles. The third-order valence-corrected chi connectivity index (χ3v) is 3.75. The molecule has 0 saturated heterocycles. The van der Waals surface area contributed by atoms with Crippen LogP contribution < -0.4 is 5.32 Å². The number of hydrogen-bond acceptors (Lipinski definition) is 2. The quantitative estimate of drug-likeness (QED) is 0.789. The molecule has 3 nitrogen and oxygen atoms in total. The van der Waals surface area contributed by atoms with Gasteiger partial charge in [0.15, 0.2) is 0 Å². The van der Waals surface area contributed by atoms with Crippen LogP contribution in [0.15, 0.2) is 66.7 Å². The fourth-order valence-corrected chi connectivity index (χ4v) is 2.62. The van der Waals surface area contributed by atoms with E-state index in [-0.39, 0.29) is 5.91 Å². The second-order valence-corrected chi connectivity index (χ2v) is 5.40. The molecule has 3 aromatic rings. The third kappa shape index (κ3) is 3.56. The van der Waals surface area contributed by atoms with Crippen molar-refractivity contribution in [2.75, 3.05) is 5.32 Å². The zero-order valence-electron chi connectivity index (χ0n) is 12.6. The minimum atomic E-state index is -0.0469. The smallest absolute Gasteiger partial charge is 0.228 e. The summed E-state index contributed by atoms with van der Waals surface area (Å²) in [6.45, 7) is 0. The van der Waals surface area contributed by atoms with Gasteiger partial charge < -0.3 is 5.32 Å². The van der Waals surface area contributed by atoms with Gasteiger partial charge in [-0.05, 0) is 34.0 Å². The van der Waals surface area contributed by atoms with Crippen molar-refractivity contribution in [2.24, 2.45) is 0 Å². The first-order valence-corrected chi connectivity index (χ1v) is 7.48. The first-order chi connectivity index (χ1) is 11.3. The summed E-state index contributed by atoms with van der Waals surface area (Å²) in [5.41, 5.74) is 2.71. The number of nitrogens with one attached hydrogen (secondary N) is 1. The number of carbonyl (C=O) groups is 1. The fourth-order valence-electron chi connectivity index (χ4n) is 2.62. The molecule has 0 unspecified atom stereocenters. The van der Waals surface area contributed by atoms with E-state index in [0.29, 0.717) is 12.8 Å². The Morgan fingerprint density at radius 2 is 1.70 bits per heavy atom. The van der Waals surface area contributed by atoms with Gasteiger partial charge in [-0.2, -0.15) is 5.26 Å². The molecule has 0 bridgehead atoms. The van der Waals surface area contributed by atoms with Gasteiger partial charge in [0.1, 0.15) is 0 Å². The standard InChI is InChI=1S/C20H16N2O/c21-13-12-15-8-10-18(11-9-15)22-20(23)14-17-6-3-5-16-4-1-2-7-19(16)17/h1-11H,12,14H2,(H,22,23). The molecular formula is C20H16N2O. The van der Waals surface area contributed by atoms with E-state index in [1.54, 1.807) is 0 Å². The predicted octanol–water partition coefficient (Wildman–Crippen LogP) is 4.09. The van der Waals surface area contributed by atoms with Crippen molar-refractivity contribution >= 4 is 22.4 Å². The van der Waals surface area contributed by atoms with Gasteiger partial charge in [-0.3, -0.25) is 4.79 Å². The average molecular weight is 300 g/mol. The summed E-state index contributed by atoms with van der Waals surface area (Å²) in [6, 6.07) is 23.5. The van der Waals surface area contributed by atoms with Gasteiger partial charge in [0.25, 0.3) is 0 Å². The Morgan fingerprint density at radius 3 is 2.48 bits per heavy atom. The zero-order chi connectivity index (χ0) is 16.1. The van der Waals surface area contributed by atoms with Gasteiger partial charge in [0, 0.05) is 5.69 Å². The maximum Gasteiger partial charge on any atom is 0.228 e. The van der Waals surface area contributed by atoms with Crippen molar-refractivity contribution in [2.45, 2.75) is 12.8 Å². The number of fused-ring (bicyclic) bond motifs is 1.